The number of carbonyl (C=O) groups excluding carboxylic acids is 1. The van der Waals surface area contributed by atoms with Crippen molar-refractivity contribution in [2.45, 2.75) is 228 Å². The number of carbonyl (C=O) groups is 1. The Balaban J connectivity index is 1.05. The first-order valence-corrected chi connectivity index (χ1v) is 24.5. The Morgan fingerprint density at radius 3 is 2.02 bits per heavy atom. The number of rotatable bonds is 26. The minimum Gasteiger partial charge on any atom is -0.462 e. The van der Waals surface area contributed by atoms with Crippen LogP contribution in [-0.4, -0.2) is 12.1 Å². The molecule has 0 radical (unpaired) electrons. The Labute approximate surface area is 342 Å². The van der Waals surface area contributed by atoms with Crippen molar-refractivity contribution in [1.29, 1.82) is 0 Å². The highest BCUT2D eigenvalue weighted by Crippen LogP contribution is 2.67. The number of fused-ring (bicyclic) bond motifs is 5. The van der Waals surface area contributed by atoms with E-state index >= 15 is 0 Å². The van der Waals surface area contributed by atoms with Crippen LogP contribution in [0.2, 0.25) is 0 Å². The van der Waals surface area contributed by atoms with Crippen LogP contribution in [0.3, 0.4) is 0 Å². The van der Waals surface area contributed by atoms with Crippen LogP contribution in [0.1, 0.15) is 222 Å². The van der Waals surface area contributed by atoms with Gasteiger partial charge in [0.2, 0.25) is 0 Å². The fourth-order valence-electron chi connectivity index (χ4n) is 12.3. The second kappa shape index (κ2) is 24.4. The third-order valence-corrected chi connectivity index (χ3v) is 15.9. The van der Waals surface area contributed by atoms with Crippen molar-refractivity contribution < 1.29 is 9.53 Å². The second-order valence-corrected chi connectivity index (χ2v) is 20.0. The van der Waals surface area contributed by atoms with Crippen LogP contribution in [0.15, 0.2) is 48.1 Å². The molecule has 0 heterocycles. The SMILES string of the molecule is CCCCC/C=C\C/C=C\CCCCCCCCCCCCCC(=O)OC1CCC2(C)C(=CCC3C2CCC2(C)C(C(C)/C=C/C(CC)C(C)C)CCC32)C1. The third-order valence-electron chi connectivity index (χ3n) is 15.9. The van der Waals surface area contributed by atoms with E-state index in [0.29, 0.717) is 29.1 Å². The molecule has 0 aromatic heterocycles. The van der Waals surface area contributed by atoms with Crippen molar-refractivity contribution in [1.82, 2.24) is 0 Å². The molecule has 4 rings (SSSR count). The van der Waals surface area contributed by atoms with E-state index in [2.05, 4.69) is 91.0 Å². The van der Waals surface area contributed by atoms with Crippen molar-refractivity contribution in [2.24, 2.45) is 52.3 Å². The molecule has 4 aliphatic rings. The Morgan fingerprint density at radius 2 is 1.38 bits per heavy atom. The normalized spacial score (nSPS) is 30.5. The molecule has 0 aliphatic heterocycles. The predicted octanol–water partition coefficient (Wildman–Crippen LogP) is 16.5. The van der Waals surface area contributed by atoms with Gasteiger partial charge in [0.05, 0.1) is 0 Å². The summed E-state index contributed by atoms with van der Waals surface area (Å²) in [5.41, 5.74) is 2.43. The maximum Gasteiger partial charge on any atom is 0.306 e. The highest BCUT2D eigenvalue weighted by atomic mass is 16.5. The number of unbranched alkanes of at least 4 members (excludes halogenated alkanes) is 14. The minimum absolute atomic E-state index is 0.0558. The van der Waals surface area contributed by atoms with Gasteiger partial charge in [0.25, 0.3) is 0 Å². The molecule has 2 nitrogen and oxygen atoms in total. The van der Waals surface area contributed by atoms with Crippen molar-refractivity contribution >= 4 is 5.97 Å². The van der Waals surface area contributed by atoms with E-state index in [1.807, 2.05) is 0 Å². The third kappa shape index (κ3) is 13.8. The average molecular weight is 759 g/mol. The van der Waals surface area contributed by atoms with E-state index < -0.39 is 0 Å². The summed E-state index contributed by atoms with van der Waals surface area (Å²) >= 11 is 0. The van der Waals surface area contributed by atoms with Crippen molar-refractivity contribution in [3.8, 4) is 0 Å². The summed E-state index contributed by atoms with van der Waals surface area (Å²) in [4.78, 5) is 12.9. The van der Waals surface area contributed by atoms with Crippen molar-refractivity contribution in [3.63, 3.8) is 0 Å². The molecule has 2 heteroatoms. The summed E-state index contributed by atoms with van der Waals surface area (Å²) in [7, 11) is 0. The zero-order valence-corrected chi connectivity index (χ0v) is 37.6. The zero-order chi connectivity index (χ0) is 39.5. The fourth-order valence-corrected chi connectivity index (χ4v) is 12.3. The van der Waals surface area contributed by atoms with Crippen LogP contribution in [0, 0.1) is 52.3 Å². The molecule has 0 amide bonds. The predicted molar refractivity (Wildman–Crippen MR) is 239 cm³/mol. The summed E-state index contributed by atoms with van der Waals surface area (Å²) < 4.78 is 6.16. The van der Waals surface area contributed by atoms with Gasteiger partial charge in [-0.15, -0.1) is 0 Å². The largest absolute Gasteiger partial charge is 0.462 e. The maximum atomic E-state index is 12.9. The quantitative estimate of drug-likeness (QED) is 0.0499. The molecule has 314 valence electrons. The Hall–Kier alpha value is -1.57. The van der Waals surface area contributed by atoms with Gasteiger partial charge in [0, 0.05) is 12.8 Å². The number of esters is 1. The first-order chi connectivity index (χ1) is 26.6. The standard InChI is InChI=1S/C53H90O2/c1-8-10-11-12-13-14-15-16-17-18-19-20-21-22-23-24-25-26-27-28-29-30-51(54)55-46-37-39-52(6)45(41-46)33-34-47-49-36-35-48(53(49,7)40-38-50(47)52)43(5)31-32-44(9-2)42(3)4/h13-14,16-17,31-33,42-44,46-50H,8-12,15,18-30,34-41H2,1-7H3/b14-13-,17-16-,32-31+. The molecular formula is C53H90O2. The topological polar surface area (TPSA) is 26.3 Å². The Morgan fingerprint density at radius 1 is 0.745 bits per heavy atom. The van der Waals surface area contributed by atoms with Gasteiger partial charge in [-0.1, -0.05) is 167 Å². The van der Waals surface area contributed by atoms with Crippen LogP contribution in [0.4, 0.5) is 0 Å². The lowest BCUT2D eigenvalue weighted by Crippen LogP contribution is -2.51. The van der Waals surface area contributed by atoms with Gasteiger partial charge in [-0.05, 0) is 142 Å². The summed E-state index contributed by atoms with van der Waals surface area (Å²) in [6, 6.07) is 0. The zero-order valence-electron chi connectivity index (χ0n) is 37.6. The van der Waals surface area contributed by atoms with Gasteiger partial charge in [0.15, 0.2) is 0 Å². The van der Waals surface area contributed by atoms with Gasteiger partial charge in [-0.3, -0.25) is 4.79 Å². The lowest BCUT2D eigenvalue weighted by atomic mass is 9.47. The second-order valence-electron chi connectivity index (χ2n) is 20.0. The van der Waals surface area contributed by atoms with Gasteiger partial charge in [-0.2, -0.15) is 0 Å². The first kappa shape index (κ1) is 46.1. The number of ether oxygens (including phenoxy) is 1. The molecule has 9 unspecified atom stereocenters. The lowest BCUT2D eigenvalue weighted by Gasteiger charge is -2.58. The van der Waals surface area contributed by atoms with Crippen LogP contribution >= 0.6 is 0 Å². The molecule has 0 aromatic rings. The molecule has 0 N–H and O–H groups in total. The molecule has 0 bridgehead atoms. The monoisotopic (exact) mass is 759 g/mol. The first-order valence-electron chi connectivity index (χ1n) is 24.5. The molecule has 4 aliphatic carbocycles. The van der Waals surface area contributed by atoms with Crippen LogP contribution < -0.4 is 0 Å². The van der Waals surface area contributed by atoms with Crippen LogP contribution in [-0.2, 0) is 9.53 Å². The highest BCUT2D eigenvalue weighted by Gasteiger charge is 2.59. The average Bonchev–Trinajstić information content (AvgIpc) is 3.53. The summed E-state index contributed by atoms with van der Waals surface area (Å²) in [6.45, 7) is 17.2. The van der Waals surface area contributed by atoms with Crippen molar-refractivity contribution in [3.05, 3.63) is 48.1 Å². The van der Waals surface area contributed by atoms with E-state index in [9.17, 15) is 4.79 Å². The molecule has 9 atom stereocenters. The van der Waals surface area contributed by atoms with Crippen LogP contribution in [0.25, 0.3) is 0 Å². The highest BCUT2D eigenvalue weighted by molar-refractivity contribution is 5.69. The molecule has 0 saturated heterocycles. The smallest absolute Gasteiger partial charge is 0.306 e. The van der Waals surface area contributed by atoms with E-state index in [4.69, 9.17) is 4.74 Å². The summed E-state index contributed by atoms with van der Waals surface area (Å²) in [5, 5.41) is 0. The molecular weight excluding hydrogens is 669 g/mol. The minimum atomic E-state index is 0.0558. The van der Waals surface area contributed by atoms with Crippen LogP contribution in [0.5, 0.6) is 0 Å². The van der Waals surface area contributed by atoms with Crippen molar-refractivity contribution in [2.75, 3.05) is 0 Å². The molecule has 0 aromatic carbocycles. The Kier molecular flexibility index (Phi) is 20.4. The Bertz CT molecular complexity index is 1200. The van der Waals surface area contributed by atoms with Gasteiger partial charge in [0.1, 0.15) is 6.10 Å². The van der Waals surface area contributed by atoms with E-state index in [0.717, 1.165) is 55.3 Å². The van der Waals surface area contributed by atoms with Gasteiger partial charge in [-0.25, -0.2) is 0 Å². The van der Waals surface area contributed by atoms with Gasteiger partial charge >= 0.3 is 5.97 Å². The number of allylic oxidation sites excluding steroid dienone is 7. The molecule has 55 heavy (non-hydrogen) atoms. The number of hydrogen-bond donors (Lipinski definition) is 0. The maximum absolute atomic E-state index is 12.9. The molecule has 3 saturated carbocycles. The van der Waals surface area contributed by atoms with Gasteiger partial charge < -0.3 is 4.74 Å². The van der Waals surface area contributed by atoms with E-state index in [1.54, 1.807) is 5.57 Å². The fraction of sp³-hybridized carbons (Fsp3) is 0.830. The van der Waals surface area contributed by atoms with E-state index in [1.165, 1.54) is 141 Å². The van der Waals surface area contributed by atoms with E-state index in [-0.39, 0.29) is 12.1 Å². The molecule has 0 spiro atoms. The summed E-state index contributed by atoms with van der Waals surface area (Å²) in [6.07, 6.45) is 51.3. The molecule has 3 fully saturated rings. The number of hydrogen-bond acceptors (Lipinski definition) is 2. The summed E-state index contributed by atoms with van der Waals surface area (Å²) in [5.74, 6) is 5.53. The lowest BCUT2D eigenvalue weighted by molar-refractivity contribution is -0.151.